The number of nitrogens with two attached hydrogens (primary N) is 1. The zero-order chi connectivity index (χ0) is 18.4. The fourth-order valence-electron chi connectivity index (χ4n) is 3.88. The number of hydrogen-bond acceptors (Lipinski definition) is 6. The lowest BCUT2D eigenvalue weighted by molar-refractivity contribution is -0.317. The van der Waals surface area contributed by atoms with Gasteiger partial charge in [-0.1, -0.05) is 17.7 Å². The van der Waals surface area contributed by atoms with E-state index in [4.69, 9.17) is 15.5 Å². The quantitative estimate of drug-likeness (QED) is 0.533. The Morgan fingerprint density at radius 3 is 2.76 bits per heavy atom. The number of carboxylic acid groups (broad SMARTS) is 1. The maximum Gasteiger partial charge on any atom is 0.308 e. The van der Waals surface area contributed by atoms with Gasteiger partial charge >= 0.3 is 5.97 Å². The molecule has 0 amide bonds. The molecule has 4 N–H and O–H groups in total. The highest BCUT2D eigenvalue weighted by Crippen LogP contribution is 2.49. The third-order valence-corrected chi connectivity index (χ3v) is 6.14. The predicted molar refractivity (Wildman–Crippen MR) is 86.5 cm³/mol. The maximum absolute atomic E-state index is 11.8. The van der Waals surface area contributed by atoms with E-state index in [-0.39, 0.29) is 17.9 Å². The van der Waals surface area contributed by atoms with Gasteiger partial charge in [0, 0.05) is 12.0 Å². The standard InChI is InChI=1S/C16H21NO7S/c1-9-2-3-14(25(20,21)22)10(6-9)12-8-23-24-16(12)5-4-13(17)11(7-16)15(18)19/h2-3,6,11-13H,4-5,7-8,17H2,1H3,(H,18,19)(H,20,21,22). The number of aliphatic carboxylic acids is 1. The topological polar surface area (TPSA) is 136 Å². The van der Waals surface area contributed by atoms with E-state index in [0.29, 0.717) is 18.4 Å². The Morgan fingerprint density at radius 1 is 1.40 bits per heavy atom. The lowest BCUT2D eigenvalue weighted by Crippen LogP contribution is -2.50. The Bertz CT molecular complexity index is 794. The van der Waals surface area contributed by atoms with Gasteiger partial charge in [-0.15, -0.1) is 0 Å². The van der Waals surface area contributed by atoms with Crippen molar-refractivity contribution in [2.24, 2.45) is 11.7 Å². The zero-order valence-electron chi connectivity index (χ0n) is 13.7. The fourth-order valence-corrected chi connectivity index (χ4v) is 4.62. The summed E-state index contributed by atoms with van der Waals surface area (Å²) in [6.45, 7) is 1.88. The van der Waals surface area contributed by atoms with Crippen LogP contribution in [0.3, 0.4) is 0 Å². The number of carboxylic acids is 1. The van der Waals surface area contributed by atoms with Crippen LogP contribution in [0.15, 0.2) is 23.1 Å². The third kappa shape index (κ3) is 3.30. The van der Waals surface area contributed by atoms with E-state index >= 15 is 0 Å². The molecule has 1 aromatic carbocycles. The van der Waals surface area contributed by atoms with E-state index in [9.17, 15) is 22.9 Å². The van der Waals surface area contributed by atoms with Gasteiger partial charge in [0.15, 0.2) is 0 Å². The van der Waals surface area contributed by atoms with Gasteiger partial charge in [0.05, 0.1) is 17.4 Å². The minimum absolute atomic E-state index is 0.0769. The van der Waals surface area contributed by atoms with Gasteiger partial charge in [0.25, 0.3) is 10.1 Å². The molecular formula is C16H21NO7S. The van der Waals surface area contributed by atoms with Crippen LogP contribution in [0.5, 0.6) is 0 Å². The SMILES string of the molecule is Cc1ccc(S(=O)(=O)O)c(C2COOC23CCC(N)C(C(=O)O)C3)c1. The third-order valence-electron chi connectivity index (χ3n) is 5.21. The first-order chi connectivity index (χ1) is 11.6. The van der Waals surface area contributed by atoms with E-state index in [2.05, 4.69) is 0 Å². The predicted octanol–water partition coefficient (Wildman–Crippen LogP) is 1.24. The highest BCUT2D eigenvalue weighted by molar-refractivity contribution is 7.85. The van der Waals surface area contributed by atoms with Crippen molar-refractivity contribution < 1.29 is 32.6 Å². The largest absolute Gasteiger partial charge is 0.481 e. The molecule has 1 saturated heterocycles. The van der Waals surface area contributed by atoms with Gasteiger partial charge in [-0.3, -0.25) is 9.35 Å². The van der Waals surface area contributed by atoms with Gasteiger partial charge in [-0.25, -0.2) is 9.78 Å². The molecule has 4 atom stereocenters. The first kappa shape index (κ1) is 18.3. The van der Waals surface area contributed by atoms with Crippen molar-refractivity contribution >= 4 is 16.1 Å². The molecule has 1 aliphatic heterocycles. The summed E-state index contributed by atoms with van der Waals surface area (Å²) in [4.78, 5) is 22.0. The molecule has 1 aliphatic carbocycles. The molecule has 1 spiro atoms. The monoisotopic (exact) mass is 371 g/mol. The van der Waals surface area contributed by atoms with Crippen molar-refractivity contribution in [3.8, 4) is 0 Å². The molecular weight excluding hydrogens is 350 g/mol. The molecule has 25 heavy (non-hydrogen) atoms. The molecule has 4 unspecified atom stereocenters. The van der Waals surface area contributed by atoms with E-state index in [1.54, 1.807) is 19.1 Å². The van der Waals surface area contributed by atoms with Gasteiger partial charge in [0.1, 0.15) is 5.60 Å². The Labute approximate surface area is 145 Å². The highest BCUT2D eigenvalue weighted by atomic mass is 32.2. The zero-order valence-corrected chi connectivity index (χ0v) is 14.5. The van der Waals surface area contributed by atoms with Crippen LogP contribution < -0.4 is 5.73 Å². The molecule has 3 rings (SSSR count). The average Bonchev–Trinajstić information content (AvgIpc) is 2.91. The molecule has 1 aromatic rings. The first-order valence-corrected chi connectivity index (χ1v) is 9.45. The molecule has 9 heteroatoms. The lowest BCUT2D eigenvalue weighted by Gasteiger charge is -2.40. The van der Waals surface area contributed by atoms with Crippen LogP contribution in [0, 0.1) is 12.8 Å². The Morgan fingerprint density at radius 2 is 2.12 bits per heavy atom. The average molecular weight is 371 g/mol. The Kier molecular flexibility index (Phi) is 4.63. The van der Waals surface area contributed by atoms with E-state index < -0.39 is 39.6 Å². The first-order valence-electron chi connectivity index (χ1n) is 8.01. The normalized spacial score (nSPS) is 32.8. The van der Waals surface area contributed by atoms with Gasteiger partial charge < -0.3 is 10.8 Å². The number of hydrogen-bond donors (Lipinski definition) is 3. The minimum atomic E-state index is -4.44. The summed E-state index contributed by atoms with van der Waals surface area (Å²) in [6, 6.07) is 4.10. The molecule has 8 nitrogen and oxygen atoms in total. The van der Waals surface area contributed by atoms with Crippen molar-refractivity contribution in [3.05, 3.63) is 29.3 Å². The molecule has 1 heterocycles. The second-order valence-electron chi connectivity index (χ2n) is 6.85. The van der Waals surface area contributed by atoms with Crippen molar-refractivity contribution in [1.82, 2.24) is 0 Å². The highest BCUT2D eigenvalue weighted by Gasteiger charge is 2.54. The van der Waals surface area contributed by atoms with Crippen LogP contribution in [0.1, 0.15) is 36.3 Å². The summed E-state index contributed by atoms with van der Waals surface area (Å²) in [5.41, 5.74) is 6.13. The lowest BCUT2D eigenvalue weighted by atomic mass is 9.68. The number of carbonyl (C=O) groups is 1. The van der Waals surface area contributed by atoms with Gasteiger partial charge in [-0.05, 0) is 37.8 Å². The second-order valence-corrected chi connectivity index (χ2v) is 8.24. The van der Waals surface area contributed by atoms with E-state index in [1.807, 2.05) is 0 Å². The summed E-state index contributed by atoms with van der Waals surface area (Å²) in [5, 5.41) is 9.42. The molecule has 0 bridgehead atoms. The summed E-state index contributed by atoms with van der Waals surface area (Å²) in [5.74, 6) is -2.34. The van der Waals surface area contributed by atoms with E-state index in [0.717, 1.165) is 5.56 Å². The summed E-state index contributed by atoms with van der Waals surface area (Å²) in [6.07, 6.45) is 0.984. The van der Waals surface area contributed by atoms with Crippen LogP contribution in [0.2, 0.25) is 0 Å². The maximum atomic E-state index is 11.8. The van der Waals surface area contributed by atoms with Crippen molar-refractivity contribution in [2.45, 2.75) is 48.6 Å². The van der Waals surface area contributed by atoms with Gasteiger partial charge in [0.2, 0.25) is 0 Å². The van der Waals surface area contributed by atoms with Crippen molar-refractivity contribution in [1.29, 1.82) is 0 Å². The van der Waals surface area contributed by atoms with Crippen LogP contribution in [-0.2, 0) is 24.7 Å². The molecule has 2 aliphatic rings. The second kappa shape index (κ2) is 6.33. The van der Waals surface area contributed by atoms with Crippen LogP contribution in [-0.4, -0.2) is 42.3 Å². The molecule has 2 fully saturated rings. The summed E-state index contributed by atoms with van der Waals surface area (Å²) >= 11 is 0. The summed E-state index contributed by atoms with van der Waals surface area (Å²) < 4.78 is 33.1. The smallest absolute Gasteiger partial charge is 0.308 e. The van der Waals surface area contributed by atoms with Crippen LogP contribution in [0.25, 0.3) is 0 Å². The number of rotatable bonds is 3. The molecule has 1 saturated carbocycles. The molecule has 0 radical (unpaired) electrons. The minimum Gasteiger partial charge on any atom is -0.481 e. The van der Waals surface area contributed by atoms with Crippen molar-refractivity contribution in [3.63, 3.8) is 0 Å². The number of aryl methyl sites for hydroxylation is 1. The molecule has 0 aromatic heterocycles. The van der Waals surface area contributed by atoms with Crippen LogP contribution >= 0.6 is 0 Å². The fraction of sp³-hybridized carbons (Fsp3) is 0.562. The van der Waals surface area contributed by atoms with Crippen molar-refractivity contribution in [2.75, 3.05) is 6.61 Å². The summed E-state index contributed by atoms with van der Waals surface area (Å²) in [7, 11) is -4.44. The van der Waals surface area contributed by atoms with E-state index in [1.165, 1.54) is 6.07 Å². The molecule has 138 valence electrons. The Hall–Kier alpha value is -1.52. The van der Waals surface area contributed by atoms with Gasteiger partial charge in [-0.2, -0.15) is 8.42 Å². The van der Waals surface area contributed by atoms with Crippen LogP contribution in [0.4, 0.5) is 0 Å². The Balaban J connectivity index is 2.06. The number of benzene rings is 1.